The van der Waals surface area contributed by atoms with Crippen LogP contribution in [-0.2, 0) is 16.0 Å². The highest BCUT2D eigenvalue weighted by molar-refractivity contribution is 5.80. The topological polar surface area (TPSA) is 32.8 Å². The van der Waals surface area contributed by atoms with Crippen molar-refractivity contribution in [1.29, 1.82) is 0 Å². The summed E-state index contributed by atoms with van der Waals surface area (Å²) in [7, 11) is 0. The van der Waals surface area contributed by atoms with Crippen LogP contribution in [0.1, 0.15) is 57.9 Å². The lowest BCUT2D eigenvalue weighted by atomic mass is 9.97. The average Bonchev–Trinajstić information content (AvgIpc) is 2.96. The van der Waals surface area contributed by atoms with Crippen LogP contribution in [0, 0.1) is 11.7 Å². The Bertz CT molecular complexity index is 688. The molecule has 1 unspecified atom stereocenters. The van der Waals surface area contributed by atoms with Gasteiger partial charge in [0.15, 0.2) is 0 Å². The molecule has 29 heavy (non-hydrogen) atoms. The second-order valence-corrected chi connectivity index (χ2v) is 9.58. The lowest BCUT2D eigenvalue weighted by Crippen LogP contribution is -2.50. The predicted molar refractivity (Wildman–Crippen MR) is 112 cm³/mol. The number of likely N-dealkylation sites (tertiary alicyclic amines) is 1. The van der Waals surface area contributed by atoms with Gasteiger partial charge in [0.05, 0.1) is 18.6 Å². The maximum Gasteiger partial charge on any atom is 0.227 e. The molecule has 160 valence electrons. The third-order valence-electron chi connectivity index (χ3n) is 6.82. The minimum atomic E-state index is -0.282. The zero-order chi connectivity index (χ0) is 20.4. The fraction of sp³-hybridized carbons (Fsp3) is 0.708. The van der Waals surface area contributed by atoms with Crippen molar-refractivity contribution in [3.05, 3.63) is 35.6 Å². The Kier molecular flexibility index (Phi) is 6.55. The summed E-state index contributed by atoms with van der Waals surface area (Å²) in [4.78, 5) is 17.5. The molecule has 5 heteroatoms. The van der Waals surface area contributed by atoms with Crippen molar-refractivity contribution in [3.63, 3.8) is 0 Å². The van der Waals surface area contributed by atoms with E-state index >= 15 is 0 Å². The molecule has 2 bridgehead atoms. The monoisotopic (exact) mass is 402 g/mol. The number of carbonyl (C=O) groups excluding carboxylic acids is 1. The summed E-state index contributed by atoms with van der Waals surface area (Å²) in [5.74, 6) is 0.507. The molecular formula is C24H35FN2O2. The van der Waals surface area contributed by atoms with Gasteiger partial charge in [0.1, 0.15) is 5.82 Å². The Morgan fingerprint density at radius 1 is 1.07 bits per heavy atom. The van der Waals surface area contributed by atoms with E-state index in [1.165, 1.54) is 12.6 Å². The second kappa shape index (κ2) is 9.13. The summed E-state index contributed by atoms with van der Waals surface area (Å²) >= 11 is 0. The molecule has 3 heterocycles. The molecule has 1 amide bonds. The van der Waals surface area contributed by atoms with Crippen molar-refractivity contribution in [3.8, 4) is 0 Å². The van der Waals surface area contributed by atoms with Crippen LogP contribution in [0.5, 0.6) is 0 Å². The predicted octanol–water partition coefficient (Wildman–Crippen LogP) is 4.03. The summed E-state index contributed by atoms with van der Waals surface area (Å²) in [6.45, 7) is 8.00. The van der Waals surface area contributed by atoms with E-state index in [4.69, 9.17) is 4.74 Å². The van der Waals surface area contributed by atoms with E-state index in [1.807, 2.05) is 0 Å². The van der Waals surface area contributed by atoms with Crippen LogP contribution in [-0.4, -0.2) is 59.6 Å². The number of halogens is 1. The van der Waals surface area contributed by atoms with Crippen molar-refractivity contribution in [2.24, 2.45) is 5.92 Å². The van der Waals surface area contributed by atoms with Gasteiger partial charge < -0.3 is 14.5 Å². The van der Waals surface area contributed by atoms with Crippen LogP contribution < -0.4 is 0 Å². The Morgan fingerprint density at radius 3 is 2.34 bits per heavy atom. The Balaban J connectivity index is 1.28. The van der Waals surface area contributed by atoms with Gasteiger partial charge in [-0.25, -0.2) is 4.39 Å². The molecule has 0 aromatic heterocycles. The van der Waals surface area contributed by atoms with Crippen LogP contribution in [0.3, 0.4) is 0 Å². The van der Waals surface area contributed by atoms with Gasteiger partial charge >= 0.3 is 0 Å². The molecule has 3 aliphatic heterocycles. The number of ether oxygens (including phenoxy) is 1. The van der Waals surface area contributed by atoms with Gasteiger partial charge in [-0.1, -0.05) is 32.0 Å². The number of hydrogen-bond acceptors (Lipinski definition) is 3. The molecule has 0 spiro atoms. The number of nitrogens with zero attached hydrogens (tertiary/aromatic N) is 2. The fourth-order valence-electron chi connectivity index (χ4n) is 5.56. The van der Waals surface area contributed by atoms with E-state index in [0.717, 1.165) is 51.6 Å². The number of piperidine rings is 2. The summed E-state index contributed by atoms with van der Waals surface area (Å²) in [6, 6.07) is 7.15. The Labute approximate surface area is 174 Å². The standard InChI is InChI=1S/C24H35FN2O2/c1-17(2)16-26-11-9-21(10-12-26)29-22-14-19-7-8-20(15-22)27(19)24(28)13-18-5-3-4-6-23(18)25/h3-6,17,19-22H,7-16H2,1-2H3/t19-,20+,22?. The second-order valence-electron chi connectivity index (χ2n) is 9.58. The first-order valence-corrected chi connectivity index (χ1v) is 11.4. The van der Waals surface area contributed by atoms with Gasteiger partial charge in [0.2, 0.25) is 5.91 Å². The first kappa shape index (κ1) is 20.8. The first-order chi connectivity index (χ1) is 14.0. The van der Waals surface area contributed by atoms with Gasteiger partial charge in [0, 0.05) is 31.7 Å². The number of amides is 1. The SMILES string of the molecule is CC(C)CN1CCC(OC2C[C@H]3CC[C@@H](C2)N3C(=O)Cc2ccccc2F)CC1. The molecule has 0 saturated carbocycles. The lowest BCUT2D eigenvalue weighted by Gasteiger charge is -2.41. The van der Waals surface area contributed by atoms with Crippen LogP contribution in [0.25, 0.3) is 0 Å². The minimum absolute atomic E-state index is 0.0723. The quantitative estimate of drug-likeness (QED) is 0.720. The van der Waals surface area contributed by atoms with Crippen LogP contribution in [0.2, 0.25) is 0 Å². The number of benzene rings is 1. The zero-order valence-electron chi connectivity index (χ0n) is 17.9. The van der Waals surface area contributed by atoms with Gasteiger partial charge in [0.25, 0.3) is 0 Å². The largest absolute Gasteiger partial charge is 0.375 e. The van der Waals surface area contributed by atoms with E-state index in [1.54, 1.807) is 18.2 Å². The van der Waals surface area contributed by atoms with E-state index < -0.39 is 0 Å². The minimum Gasteiger partial charge on any atom is -0.375 e. The number of rotatable bonds is 6. The Hall–Kier alpha value is -1.46. The normalized spacial score (nSPS) is 28.3. The highest BCUT2D eigenvalue weighted by Crippen LogP contribution is 2.38. The van der Waals surface area contributed by atoms with Crippen molar-refractivity contribution >= 4 is 5.91 Å². The third-order valence-corrected chi connectivity index (χ3v) is 6.82. The molecule has 3 aliphatic rings. The molecule has 4 rings (SSSR count). The maximum atomic E-state index is 14.0. The zero-order valence-corrected chi connectivity index (χ0v) is 17.9. The molecule has 0 radical (unpaired) electrons. The van der Waals surface area contributed by atoms with Crippen LogP contribution in [0.15, 0.2) is 24.3 Å². The van der Waals surface area contributed by atoms with Crippen LogP contribution in [0.4, 0.5) is 4.39 Å². The molecule has 3 fully saturated rings. The molecule has 3 saturated heterocycles. The molecule has 0 N–H and O–H groups in total. The van der Waals surface area contributed by atoms with E-state index in [9.17, 15) is 9.18 Å². The first-order valence-electron chi connectivity index (χ1n) is 11.4. The summed E-state index contributed by atoms with van der Waals surface area (Å²) in [6.07, 6.45) is 7.02. The van der Waals surface area contributed by atoms with Crippen molar-refractivity contribution in [2.75, 3.05) is 19.6 Å². The molecular weight excluding hydrogens is 367 g/mol. The van der Waals surface area contributed by atoms with Gasteiger partial charge in [-0.15, -0.1) is 0 Å². The summed E-state index contributed by atoms with van der Waals surface area (Å²) in [5, 5.41) is 0. The van der Waals surface area contributed by atoms with E-state index in [-0.39, 0.29) is 36.3 Å². The van der Waals surface area contributed by atoms with Gasteiger partial charge in [-0.2, -0.15) is 0 Å². The molecule has 1 aromatic rings. The number of hydrogen-bond donors (Lipinski definition) is 0. The van der Waals surface area contributed by atoms with Crippen molar-refractivity contribution in [2.45, 2.75) is 83.1 Å². The summed E-state index contributed by atoms with van der Waals surface area (Å²) in [5.41, 5.74) is 0.503. The lowest BCUT2D eigenvalue weighted by molar-refractivity contribution is -0.140. The maximum absolute atomic E-state index is 14.0. The van der Waals surface area contributed by atoms with E-state index in [2.05, 4.69) is 23.6 Å². The summed E-state index contributed by atoms with van der Waals surface area (Å²) < 4.78 is 20.5. The smallest absolute Gasteiger partial charge is 0.227 e. The average molecular weight is 403 g/mol. The van der Waals surface area contributed by atoms with Crippen LogP contribution >= 0.6 is 0 Å². The Morgan fingerprint density at radius 2 is 1.72 bits per heavy atom. The van der Waals surface area contributed by atoms with E-state index in [0.29, 0.717) is 17.6 Å². The van der Waals surface area contributed by atoms with Crippen molar-refractivity contribution < 1.29 is 13.9 Å². The van der Waals surface area contributed by atoms with Crippen molar-refractivity contribution in [1.82, 2.24) is 9.80 Å². The third kappa shape index (κ3) is 5.00. The van der Waals surface area contributed by atoms with Gasteiger partial charge in [-0.3, -0.25) is 4.79 Å². The number of carbonyl (C=O) groups is 1. The molecule has 4 nitrogen and oxygen atoms in total. The number of fused-ring (bicyclic) bond motifs is 2. The van der Waals surface area contributed by atoms with Gasteiger partial charge in [-0.05, 0) is 56.1 Å². The molecule has 3 atom stereocenters. The molecule has 0 aliphatic carbocycles. The highest BCUT2D eigenvalue weighted by Gasteiger charge is 2.44. The highest BCUT2D eigenvalue weighted by atomic mass is 19.1. The fourth-order valence-corrected chi connectivity index (χ4v) is 5.56. The molecule has 1 aromatic carbocycles.